The topological polar surface area (TPSA) is 84.6 Å². The van der Waals surface area contributed by atoms with Gasteiger partial charge in [-0.25, -0.2) is 0 Å². The Kier molecular flexibility index (Phi) is 3.72. The number of carbonyl (C=O) groups excluding carboxylic acids is 1. The number of carbonyl (C=O) groups is 1. The molecular weight excluding hydrogens is 232 g/mol. The zero-order valence-electron chi connectivity index (χ0n) is 10.3. The summed E-state index contributed by atoms with van der Waals surface area (Å²) in [5.74, 6) is 0.413. The molecule has 18 heavy (non-hydrogen) atoms. The van der Waals surface area contributed by atoms with Crippen LogP contribution in [0.1, 0.15) is 30.1 Å². The van der Waals surface area contributed by atoms with Crippen LogP contribution >= 0.6 is 0 Å². The number of aliphatic hydroxyl groups excluding tert-OH is 1. The number of nitrogen functional groups attached to an aromatic ring is 1. The third-order valence-corrected chi connectivity index (χ3v) is 2.95. The van der Waals surface area contributed by atoms with Gasteiger partial charge in [-0.2, -0.15) is 0 Å². The monoisotopic (exact) mass is 250 g/mol. The SMILES string of the molecule is CCOc1cc(N)cc(C(=O)NC2CC(O)C2)c1. The Morgan fingerprint density at radius 1 is 1.50 bits per heavy atom. The summed E-state index contributed by atoms with van der Waals surface area (Å²) in [4.78, 5) is 12.0. The lowest BCUT2D eigenvalue weighted by atomic mass is 9.89. The van der Waals surface area contributed by atoms with Crippen LogP contribution in [0.3, 0.4) is 0 Å². The maximum absolute atomic E-state index is 12.0. The van der Waals surface area contributed by atoms with Gasteiger partial charge in [-0.1, -0.05) is 0 Å². The summed E-state index contributed by atoms with van der Waals surface area (Å²) in [7, 11) is 0. The molecule has 1 amide bonds. The molecule has 1 fully saturated rings. The molecule has 0 radical (unpaired) electrons. The van der Waals surface area contributed by atoms with Crippen LogP contribution in [0.4, 0.5) is 5.69 Å². The molecule has 0 saturated heterocycles. The van der Waals surface area contributed by atoms with Crippen molar-refractivity contribution in [2.75, 3.05) is 12.3 Å². The van der Waals surface area contributed by atoms with Crippen molar-refractivity contribution in [2.45, 2.75) is 31.9 Å². The lowest BCUT2D eigenvalue weighted by Crippen LogP contribution is -2.46. The van der Waals surface area contributed by atoms with Gasteiger partial charge in [0.2, 0.25) is 0 Å². The first kappa shape index (κ1) is 12.7. The molecule has 4 N–H and O–H groups in total. The number of benzene rings is 1. The first-order chi connectivity index (χ1) is 8.58. The number of hydrogen-bond acceptors (Lipinski definition) is 4. The first-order valence-corrected chi connectivity index (χ1v) is 6.10. The van der Waals surface area contributed by atoms with Crippen LogP contribution in [-0.4, -0.2) is 29.8 Å². The summed E-state index contributed by atoms with van der Waals surface area (Å²) in [5, 5.41) is 12.0. The van der Waals surface area contributed by atoms with Gasteiger partial charge in [-0.3, -0.25) is 4.79 Å². The van der Waals surface area contributed by atoms with Crippen LogP contribution in [-0.2, 0) is 0 Å². The number of amides is 1. The van der Waals surface area contributed by atoms with Gasteiger partial charge in [0, 0.05) is 23.4 Å². The zero-order chi connectivity index (χ0) is 13.1. The Hall–Kier alpha value is -1.75. The molecule has 5 nitrogen and oxygen atoms in total. The van der Waals surface area contributed by atoms with Crippen LogP contribution in [0.2, 0.25) is 0 Å². The van der Waals surface area contributed by atoms with Crippen LogP contribution < -0.4 is 15.8 Å². The third-order valence-electron chi connectivity index (χ3n) is 2.95. The highest BCUT2D eigenvalue weighted by atomic mass is 16.5. The van der Waals surface area contributed by atoms with E-state index in [1.807, 2.05) is 6.92 Å². The molecule has 0 heterocycles. The Bertz CT molecular complexity index is 442. The molecule has 0 aliphatic heterocycles. The molecule has 1 aromatic rings. The fourth-order valence-electron chi connectivity index (χ4n) is 1.98. The van der Waals surface area contributed by atoms with Gasteiger partial charge < -0.3 is 20.9 Å². The lowest BCUT2D eigenvalue weighted by Gasteiger charge is -2.31. The number of nitrogens with one attached hydrogen (secondary N) is 1. The minimum Gasteiger partial charge on any atom is -0.494 e. The van der Waals surface area contributed by atoms with Gasteiger partial charge >= 0.3 is 0 Å². The van der Waals surface area contributed by atoms with Crippen molar-refractivity contribution in [1.82, 2.24) is 5.32 Å². The predicted octanol–water partition coefficient (Wildman–Crippen LogP) is 0.921. The van der Waals surface area contributed by atoms with Crippen LogP contribution in [0.25, 0.3) is 0 Å². The van der Waals surface area contributed by atoms with E-state index in [2.05, 4.69) is 5.32 Å². The Balaban J connectivity index is 2.04. The lowest BCUT2D eigenvalue weighted by molar-refractivity contribution is 0.0562. The summed E-state index contributed by atoms with van der Waals surface area (Å²) in [6.45, 7) is 2.40. The molecule has 2 rings (SSSR count). The predicted molar refractivity (Wildman–Crippen MR) is 68.5 cm³/mol. The minimum absolute atomic E-state index is 0.0597. The van der Waals surface area contributed by atoms with E-state index in [-0.39, 0.29) is 18.1 Å². The highest BCUT2D eigenvalue weighted by molar-refractivity contribution is 5.95. The minimum atomic E-state index is -0.282. The van der Waals surface area contributed by atoms with Crippen molar-refractivity contribution in [3.05, 3.63) is 23.8 Å². The van der Waals surface area contributed by atoms with Crippen LogP contribution in [0.15, 0.2) is 18.2 Å². The van der Waals surface area contributed by atoms with Crippen LogP contribution in [0, 0.1) is 0 Å². The Morgan fingerprint density at radius 2 is 2.22 bits per heavy atom. The fourth-order valence-corrected chi connectivity index (χ4v) is 1.98. The van der Waals surface area contributed by atoms with Gasteiger partial charge in [0.25, 0.3) is 5.91 Å². The molecular formula is C13H18N2O3. The van der Waals surface area contributed by atoms with E-state index in [4.69, 9.17) is 15.6 Å². The van der Waals surface area contributed by atoms with E-state index in [9.17, 15) is 4.79 Å². The molecule has 0 atom stereocenters. The molecule has 0 unspecified atom stereocenters. The molecule has 1 saturated carbocycles. The summed E-state index contributed by atoms with van der Waals surface area (Å²) >= 11 is 0. The van der Waals surface area contributed by atoms with E-state index < -0.39 is 0 Å². The summed E-state index contributed by atoms with van der Waals surface area (Å²) in [6, 6.07) is 5.04. The largest absolute Gasteiger partial charge is 0.494 e. The van der Waals surface area contributed by atoms with Crippen LogP contribution in [0.5, 0.6) is 5.75 Å². The average molecular weight is 250 g/mol. The van der Waals surface area contributed by atoms with E-state index in [1.54, 1.807) is 18.2 Å². The second kappa shape index (κ2) is 5.27. The molecule has 98 valence electrons. The highest BCUT2D eigenvalue weighted by Crippen LogP contribution is 2.22. The van der Waals surface area contributed by atoms with Gasteiger partial charge in [-0.15, -0.1) is 0 Å². The van der Waals surface area contributed by atoms with Gasteiger partial charge in [0.15, 0.2) is 0 Å². The number of nitrogens with two attached hydrogens (primary N) is 1. The average Bonchev–Trinajstić information content (AvgIpc) is 2.26. The number of rotatable bonds is 4. The normalized spacial score (nSPS) is 22.1. The third kappa shape index (κ3) is 2.92. The molecule has 5 heteroatoms. The number of hydrogen-bond donors (Lipinski definition) is 3. The number of ether oxygens (including phenoxy) is 1. The molecule has 0 aromatic heterocycles. The molecule has 1 aliphatic rings. The smallest absolute Gasteiger partial charge is 0.251 e. The first-order valence-electron chi connectivity index (χ1n) is 6.10. The van der Waals surface area contributed by atoms with Gasteiger partial charge in [0.05, 0.1) is 12.7 Å². The molecule has 0 bridgehead atoms. The quantitative estimate of drug-likeness (QED) is 0.694. The zero-order valence-corrected chi connectivity index (χ0v) is 10.3. The maximum Gasteiger partial charge on any atom is 0.251 e. The fraction of sp³-hybridized carbons (Fsp3) is 0.462. The number of anilines is 1. The van der Waals surface area contributed by atoms with E-state index in [0.29, 0.717) is 36.4 Å². The second-order valence-electron chi connectivity index (χ2n) is 4.52. The summed E-state index contributed by atoms with van der Waals surface area (Å²) in [5.41, 5.74) is 6.71. The van der Waals surface area contributed by atoms with Crippen molar-refractivity contribution in [2.24, 2.45) is 0 Å². The van der Waals surface area contributed by atoms with Crippen molar-refractivity contribution in [3.8, 4) is 5.75 Å². The van der Waals surface area contributed by atoms with Crippen molar-refractivity contribution in [1.29, 1.82) is 0 Å². The van der Waals surface area contributed by atoms with E-state index in [0.717, 1.165) is 0 Å². The Morgan fingerprint density at radius 3 is 2.83 bits per heavy atom. The van der Waals surface area contributed by atoms with Crippen molar-refractivity contribution >= 4 is 11.6 Å². The van der Waals surface area contributed by atoms with Gasteiger partial charge in [-0.05, 0) is 31.9 Å². The molecule has 1 aromatic carbocycles. The standard InChI is InChI=1S/C13H18N2O3/c1-2-18-12-4-8(3-9(14)5-12)13(17)15-10-6-11(16)7-10/h3-5,10-11,16H,2,6-7,14H2,1H3,(H,15,17). The number of aliphatic hydroxyl groups is 1. The van der Waals surface area contributed by atoms with Crippen molar-refractivity contribution in [3.63, 3.8) is 0 Å². The molecule has 1 aliphatic carbocycles. The summed E-state index contributed by atoms with van der Waals surface area (Å²) in [6.07, 6.45) is 0.953. The van der Waals surface area contributed by atoms with E-state index >= 15 is 0 Å². The Labute approximate surface area is 106 Å². The maximum atomic E-state index is 12.0. The highest BCUT2D eigenvalue weighted by Gasteiger charge is 2.28. The van der Waals surface area contributed by atoms with Crippen molar-refractivity contribution < 1.29 is 14.6 Å². The summed E-state index contributed by atoms with van der Waals surface area (Å²) < 4.78 is 5.34. The van der Waals surface area contributed by atoms with E-state index in [1.165, 1.54) is 0 Å². The van der Waals surface area contributed by atoms with Gasteiger partial charge in [0.1, 0.15) is 5.75 Å². The second-order valence-corrected chi connectivity index (χ2v) is 4.52. The molecule has 0 spiro atoms.